The van der Waals surface area contributed by atoms with E-state index in [9.17, 15) is 0 Å². The first-order valence-electron chi connectivity index (χ1n) is 18.9. The molecule has 1 aliphatic heterocycles. The summed E-state index contributed by atoms with van der Waals surface area (Å²) >= 11 is 0. The first-order chi connectivity index (χ1) is 27.3. The van der Waals surface area contributed by atoms with Crippen molar-refractivity contribution in [3.05, 3.63) is 218 Å². The molecule has 260 valence electrons. The second kappa shape index (κ2) is 14.0. The molecule has 0 saturated carbocycles. The van der Waals surface area contributed by atoms with Crippen LogP contribution < -0.4 is 9.64 Å². The van der Waals surface area contributed by atoms with Crippen molar-refractivity contribution in [2.24, 2.45) is 0 Å². The van der Waals surface area contributed by atoms with Gasteiger partial charge in [-0.15, -0.1) is 0 Å². The molecule has 2 nitrogen and oxygen atoms in total. The molecule has 0 N–H and O–H groups in total. The van der Waals surface area contributed by atoms with E-state index in [0.29, 0.717) is 6.61 Å². The number of hydrogen-bond acceptors (Lipinski definition) is 2. The maximum atomic E-state index is 6.66. The Bertz CT molecular complexity index is 2760. The van der Waals surface area contributed by atoms with E-state index in [1.807, 2.05) is 0 Å². The van der Waals surface area contributed by atoms with Crippen LogP contribution in [0.25, 0.3) is 66.4 Å². The zero-order valence-corrected chi connectivity index (χ0v) is 30.3. The molecule has 0 fully saturated rings. The fraction of sp³-hybridized carbons (Fsp3) is 0.0189. The van der Waals surface area contributed by atoms with Gasteiger partial charge in [0.05, 0.1) is 5.69 Å². The van der Waals surface area contributed by atoms with Gasteiger partial charge < -0.3 is 9.64 Å². The molecule has 0 atom stereocenters. The average Bonchev–Trinajstić information content (AvgIpc) is 3.27. The lowest BCUT2D eigenvalue weighted by Gasteiger charge is -2.32. The molecule has 0 radical (unpaired) electrons. The van der Waals surface area contributed by atoms with Crippen LogP contribution in [0.1, 0.15) is 5.56 Å². The predicted molar refractivity (Wildman–Crippen MR) is 230 cm³/mol. The minimum absolute atomic E-state index is 0.506. The monoisotopic (exact) mass is 703 g/mol. The smallest absolute Gasteiger partial charge is 0.135 e. The summed E-state index contributed by atoms with van der Waals surface area (Å²) in [5.41, 5.74) is 16.4. The maximum absolute atomic E-state index is 6.66. The van der Waals surface area contributed by atoms with Crippen LogP contribution in [-0.4, -0.2) is 0 Å². The SMILES string of the molecule is c1ccc(-c2ccc(-c3ccc(N(c4ccccc4)c4cccc5c4-c4cc(-c6ccc(-c7ccccc7)cc6)c6ccccc6c4OC5)cc3)cc2)cc1. The fourth-order valence-corrected chi connectivity index (χ4v) is 8.05. The number of benzene rings is 9. The maximum Gasteiger partial charge on any atom is 0.135 e. The first kappa shape index (κ1) is 32.5. The summed E-state index contributed by atoms with van der Waals surface area (Å²) in [4.78, 5) is 2.39. The van der Waals surface area contributed by atoms with E-state index in [-0.39, 0.29) is 0 Å². The lowest BCUT2D eigenvalue weighted by molar-refractivity contribution is 0.306. The topological polar surface area (TPSA) is 12.5 Å². The van der Waals surface area contributed by atoms with Crippen LogP contribution in [0.3, 0.4) is 0 Å². The minimum Gasteiger partial charge on any atom is -0.488 e. The molecule has 0 saturated heterocycles. The van der Waals surface area contributed by atoms with Gasteiger partial charge in [0.15, 0.2) is 0 Å². The van der Waals surface area contributed by atoms with E-state index < -0.39 is 0 Å². The molecular formula is C53H37NO. The highest BCUT2D eigenvalue weighted by Crippen LogP contribution is 2.51. The normalized spacial score (nSPS) is 11.7. The van der Waals surface area contributed by atoms with Gasteiger partial charge in [-0.3, -0.25) is 0 Å². The fourth-order valence-electron chi connectivity index (χ4n) is 8.05. The Kier molecular flexibility index (Phi) is 8.27. The van der Waals surface area contributed by atoms with Crippen molar-refractivity contribution < 1.29 is 4.74 Å². The van der Waals surface area contributed by atoms with E-state index in [4.69, 9.17) is 4.74 Å². The van der Waals surface area contributed by atoms with Crippen LogP contribution in [0, 0.1) is 0 Å². The molecule has 1 aliphatic rings. The van der Waals surface area contributed by atoms with Gasteiger partial charge >= 0.3 is 0 Å². The van der Waals surface area contributed by atoms with Crippen molar-refractivity contribution in [1.82, 2.24) is 0 Å². The highest BCUT2D eigenvalue weighted by Gasteiger charge is 2.27. The molecule has 55 heavy (non-hydrogen) atoms. The zero-order valence-electron chi connectivity index (χ0n) is 30.3. The second-order valence-electron chi connectivity index (χ2n) is 14.1. The highest BCUT2D eigenvalue weighted by atomic mass is 16.5. The molecule has 0 aromatic heterocycles. The molecule has 0 aliphatic carbocycles. The number of nitrogens with zero attached hydrogens (tertiary/aromatic N) is 1. The first-order valence-corrected chi connectivity index (χ1v) is 18.9. The molecule has 0 bridgehead atoms. The summed E-state index contributed by atoms with van der Waals surface area (Å²) < 4.78 is 6.66. The third-order valence-electron chi connectivity index (χ3n) is 10.8. The minimum atomic E-state index is 0.506. The van der Waals surface area contributed by atoms with Gasteiger partial charge in [0, 0.05) is 27.9 Å². The Morgan fingerprint density at radius 2 is 0.800 bits per heavy atom. The molecule has 0 spiro atoms. The summed E-state index contributed by atoms with van der Waals surface area (Å²) in [7, 11) is 0. The number of ether oxygens (including phenoxy) is 1. The number of rotatable bonds is 7. The number of hydrogen-bond donors (Lipinski definition) is 0. The third-order valence-corrected chi connectivity index (χ3v) is 10.8. The van der Waals surface area contributed by atoms with Crippen LogP contribution >= 0.6 is 0 Å². The quantitative estimate of drug-likeness (QED) is 0.164. The number of anilines is 3. The van der Waals surface area contributed by atoms with Crippen molar-refractivity contribution in [2.75, 3.05) is 4.90 Å². The third kappa shape index (κ3) is 6.04. The summed E-state index contributed by atoms with van der Waals surface area (Å²) in [5.74, 6) is 0.933. The largest absolute Gasteiger partial charge is 0.488 e. The molecule has 0 unspecified atom stereocenters. The summed E-state index contributed by atoms with van der Waals surface area (Å²) in [6.45, 7) is 0.506. The highest BCUT2D eigenvalue weighted by molar-refractivity contribution is 6.07. The second-order valence-corrected chi connectivity index (χ2v) is 14.1. The molecular weight excluding hydrogens is 667 g/mol. The standard InChI is InChI=1S/C53H37NO/c1-4-13-37(14-5-1)39-23-25-41(26-24-39)42-31-33-46(34-32-42)54(45-18-8-3-9-19-45)51-22-12-17-44-36-55-53-48-21-11-10-20-47(48)49(35-50(53)52(44)51)43-29-27-40(28-30-43)38-15-6-2-7-16-38/h1-35H,36H2. The lowest BCUT2D eigenvalue weighted by Crippen LogP contribution is -2.15. The van der Waals surface area contributed by atoms with Gasteiger partial charge in [-0.2, -0.15) is 0 Å². The van der Waals surface area contributed by atoms with E-state index >= 15 is 0 Å². The Hall–Kier alpha value is -7.16. The van der Waals surface area contributed by atoms with Crippen molar-refractivity contribution >= 4 is 27.8 Å². The van der Waals surface area contributed by atoms with Gasteiger partial charge in [-0.05, 0) is 91.9 Å². The number of para-hydroxylation sites is 1. The Morgan fingerprint density at radius 3 is 1.38 bits per heavy atom. The summed E-state index contributed by atoms with van der Waals surface area (Å²) in [5, 5.41) is 2.30. The van der Waals surface area contributed by atoms with Gasteiger partial charge in [0.25, 0.3) is 0 Å². The lowest BCUT2D eigenvalue weighted by atomic mass is 9.87. The molecule has 9 aromatic carbocycles. The van der Waals surface area contributed by atoms with Crippen LogP contribution in [0.4, 0.5) is 17.1 Å². The van der Waals surface area contributed by atoms with E-state index in [2.05, 4.69) is 217 Å². The van der Waals surface area contributed by atoms with Crippen LogP contribution in [0.15, 0.2) is 212 Å². The van der Waals surface area contributed by atoms with Gasteiger partial charge in [-0.1, -0.05) is 176 Å². The van der Waals surface area contributed by atoms with E-state index in [1.54, 1.807) is 0 Å². The average molecular weight is 704 g/mol. The molecule has 10 rings (SSSR count). The van der Waals surface area contributed by atoms with Gasteiger partial charge in [-0.25, -0.2) is 0 Å². The van der Waals surface area contributed by atoms with Crippen LogP contribution in [0.2, 0.25) is 0 Å². The Morgan fingerprint density at radius 1 is 0.345 bits per heavy atom. The van der Waals surface area contributed by atoms with Crippen LogP contribution in [0.5, 0.6) is 5.75 Å². The molecule has 9 aromatic rings. The van der Waals surface area contributed by atoms with E-state index in [0.717, 1.165) is 33.8 Å². The zero-order chi connectivity index (χ0) is 36.6. The van der Waals surface area contributed by atoms with Crippen molar-refractivity contribution in [3.63, 3.8) is 0 Å². The van der Waals surface area contributed by atoms with Crippen molar-refractivity contribution in [3.8, 4) is 61.4 Å². The molecule has 1 heterocycles. The van der Waals surface area contributed by atoms with Crippen molar-refractivity contribution in [1.29, 1.82) is 0 Å². The van der Waals surface area contributed by atoms with Gasteiger partial charge in [0.2, 0.25) is 0 Å². The Balaban J connectivity index is 1.09. The molecule has 2 heteroatoms. The van der Waals surface area contributed by atoms with Crippen LogP contribution in [-0.2, 0) is 6.61 Å². The van der Waals surface area contributed by atoms with Crippen molar-refractivity contribution in [2.45, 2.75) is 6.61 Å². The number of fused-ring (bicyclic) bond motifs is 5. The molecule has 0 amide bonds. The van der Waals surface area contributed by atoms with E-state index in [1.165, 1.54) is 61.0 Å². The predicted octanol–water partition coefficient (Wildman–Crippen LogP) is 14.5. The summed E-state index contributed by atoms with van der Waals surface area (Å²) in [6, 6.07) is 76.2. The summed E-state index contributed by atoms with van der Waals surface area (Å²) in [6.07, 6.45) is 0. The van der Waals surface area contributed by atoms with Gasteiger partial charge in [0.1, 0.15) is 12.4 Å². The Labute approximate surface area is 322 Å².